The average molecular weight is 477 g/mol. The van der Waals surface area contributed by atoms with E-state index in [-0.39, 0.29) is 32.8 Å². The van der Waals surface area contributed by atoms with E-state index in [2.05, 4.69) is 16.5 Å². The fourth-order valence-electron chi connectivity index (χ4n) is 3.84. The number of nitrogens with zero attached hydrogens (tertiary/aromatic N) is 5. The first-order valence-corrected chi connectivity index (χ1v) is 10.5. The molecule has 166 valence electrons. The number of hydrogen-bond acceptors (Lipinski definition) is 6. The molecule has 0 aliphatic carbocycles. The van der Waals surface area contributed by atoms with Crippen molar-refractivity contribution in [1.82, 2.24) is 19.4 Å². The number of benzene rings is 1. The number of aromatic nitrogens is 3. The molecule has 32 heavy (non-hydrogen) atoms. The Hall–Kier alpha value is -3.17. The summed E-state index contributed by atoms with van der Waals surface area (Å²) in [5.74, 6) is -0.420. The maximum atomic E-state index is 14.9. The summed E-state index contributed by atoms with van der Waals surface area (Å²) in [6.07, 6.45) is 2.57. The molecule has 1 aliphatic heterocycles. The quantitative estimate of drug-likeness (QED) is 0.354. The number of piperazine rings is 1. The number of carbonyl (C=O) groups excluding carboxylic acids is 1. The van der Waals surface area contributed by atoms with E-state index in [1.54, 1.807) is 17.9 Å². The van der Waals surface area contributed by atoms with Crippen molar-refractivity contribution < 1.29 is 9.18 Å². The molecule has 11 heteroatoms. The zero-order valence-corrected chi connectivity index (χ0v) is 18.6. The monoisotopic (exact) mass is 476 g/mol. The summed E-state index contributed by atoms with van der Waals surface area (Å²) in [7, 11) is 0. The number of pyridine rings is 1. The van der Waals surface area contributed by atoms with E-state index in [4.69, 9.17) is 28.9 Å². The Morgan fingerprint density at radius 2 is 1.88 bits per heavy atom. The fraction of sp³-hybridized carbons (Fsp3) is 0.238. The largest absolute Gasteiger partial charge is 0.396 e. The third-order valence-corrected chi connectivity index (χ3v) is 6.03. The number of nitrogens with two attached hydrogens (primary N) is 1. The van der Waals surface area contributed by atoms with Gasteiger partial charge in [-0.3, -0.25) is 14.2 Å². The minimum atomic E-state index is -0.851. The topological polar surface area (TPSA) is 97.4 Å². The molecule has 8 nitrogen and oxygen atoms in total. The van der Waals surface area contributed by atoms with Crippen molar-refractivity contribution in [3.63, 3.8) is 0 Å². The van der Waals surface area contributed by atoms with Gasteiger partial charge in [0.2, 0.25) is 5.91 Å². The molecule has 1 fully saturated rings. The van der Waals surface area contributed by atoms with Crippen LogP contribution in [0.15, 0.2) is 35.9 Å². The van der Waals surface area contributed by atoms with Gasteiger partial charge >= 0.3 is 0 Å². The molecule has 3 aromatic rings. The van der Waals surface area contributed by atoms with Crippen LogP contribution in [0.1, 0.15) is 5.69 Å². The number of rotatable bonds is 3. The minimum absolute atomic E-state index is 0.0353. The third kappa shape index (κ3) is 3.57. The smallest absolute Gasteiger partial charge is 0.282 e. The molecule has 0 bridgehead atoms. The fourth-order valence-corrected chi connectivity index (χ4v) is 4.30. The predicted molar refractivity (Wildman–Crippen MR) is 123 cm³/mol. The van der Waals surface area contributed by atoms with Gasteiger partial charge in [-0.1, -0.05) is 29.8 Å². The second kappa shape index (κ2) is 8.40. The molecule has 2 N–H and O–H groups in total. The van der Waals surface area contributed by atoms with E-state index in [1.165, 1.54) is 18.5 Å². The van der Waals surface area contributed by atoms with Gasteiger partial charge in [0.05, 0.1) is 21.1 Å². The second-order valence-corrected chi connectivity index (χ2v) is 8.13. The van der Waals surface area contributed by atoms with Crippen molar-refractivity contribution in [3.05, 3.63) is 63.0 Å². The van der Waals surface area contributed by atoms with Gasteiger partial charge in [-0.25, -0.2) is 14.4 Å². The van der Waals surface area contributed by atoms with Gasteiger partial charge in [-0.2, -0.15) is 0 Å². The van der Waals surface area contributed by atoms with E-state index >= 15 is 0 Å². The van der Waals surface area contributed by atoms with E-state index in [9.17, 15) is 14.0 Å². The molecule has 0 radical (unpaired) electrons. The summed E-state index contributed by atoms with van der Waals surface area (Å²) in [5.41, 5.74) is 5.60. The Balaban J connectivity index is 1.84. The molecule has 0 atom stereocenters. The van der Waals surface area contributed by atoms with Crippen molar-refractivity contribution in [2.24, 2.45) is 0 Å². The summed E-state index contributed by atoms with van der Waals surface area (Å²) in [5, 5.41) is 0.302. The number of hydrogen-bond donors (Lipinski definition) is 1. The van der Waals surface area contributed by atoms with Crippen LogP contribution in [-0.4, -0.2) is 51.5 Å². The van der Waals surface area contributed by atoms with E-state index in [0.29, 0.717) is 43.1 Å². The van der Waals surface area contributed by atoms with Gasteiger partial charge in [-0.15, -0.1) is 0 Å². The number of amides is 1. The van der Waals surface area contributed by atoms with Crippen molar-refractivity contribution >= 4 is 51.5 Å². The molecule has 1 saturated heterocycles. The molecule has 2 aromatic heterocycles. The number of nitrogen functional groups attached to an aromatic ring is 1. The normalized spacial score (nSPS) is 14.1. The Labute approximate surface area is 192 Å². The Morgan fingerprint density at radius 1 is 1.19 bits per heavy atom. The highest BCUT2D eigenvalue weighted by Gasteiger charge is 2.25. The number of anilines is 2. The van der Waals surface area contributed by atoms with Crippen molar-refractivity contribution in [2.45, 2.75) is 6.92 Å². The Bertz CT molecular complexity index is 1290. The molecule has 0 spiro atoms. The maximum absolute atomic E-state index is 14.9. The zero-order valence-electron chi connectivity index (χ0n) is 17.1. The standard InChI is InChI=1S/C21H19Cl2FN6O2/c1-3-15(31)28-4-6-29(7-5-28)20-12-8-11(2)30(21(32)18(12)26-10-27-20)19-16(24)13(22)9-14(23)17(19)25/h3,8-10H,1,4-7,25H2,2H3. The van der Waals surface area contributed by atoms with Crippen molar-refractivity contribution in [3.8, 4) is 5.69 Å². The summed E-state index contributed by atoms with van der Waals surface area (Å²) < 4.78 is 16.0. The first-order chi connectivity index (χ1) is 15.2. The molecule has 1 aromatic carbocycles. The number of aryl methyl sites for hydroxylation is 1. The molecule has 4 rings (SSSR count). The number of halogens is 3. The van der Waals surface area contributed by atoms with Crippen LogP contribution in [0, 0.1) is 12.7 Å². The highest BCUT2D eigenvalue weighted by molar-refractivity contribution is 6.37. The van der Waals surface area contributed by atoms with Crippen LogP contribution in [0.25, 0.3) is 16.6 Å². The van der Waals surface area contributed by atoms with Gasteiger partial charge < -0.3 is 15.5 Å². The lowest BCUT2D eigenvalue weighted by Gasteiger charge is -2.35. The van der Waals surface area contributed by atoms with Crippen LogP contribution >= 0.6 is 23.2 Å². The SMILES string of the molecule is C=CC(=O)N1CCN(c2ncnc3c(=O)n(-c4c(N)c(Cl)cc(Cl)c4F)c(C)cc23)CC1. The summed E-state index contributed by atoms with van der Waals surface area (Å²) in [4.78, 5) is 37.4. The summed E-state index contributed by atoms with van der Waals surface area (Å²) in [6.45, 7) is 7.20. The van der Waals surface area contributed by atoms with E-state index in [1.807, 2.05) is 4.90 Å². The lowest BCUT2D eigenvalue weighted by Crippen LogP contribution is -2.48. The van der Waals surface area contributed by atoms with Crippen LogP contribution in [0.2, 0.25) is 10.0 Å². The van der Waals surface area contributed by atoms with Crippen LogP contribution in [0.4, 0.5) is 15.9 Å². The molecular formula is C21H19Cl2FN6O2. The molecule has 1 amide bonds. The molecule has 3 heterocycles. The molecular weight excluding hydrogens is 458 g/mol. The highest BCUT2D eigenvalue weighted by Crippen LogP contribution is 2.34. The predicted octanol–water partition coefficient (Wildman–Crippen LogP) is 2.95. The van der Waals surface area contributed by atoms with Crippen molar-refractivity contribution in [1.29, 1.82) is 0 Å². The van der Waals surface area contributed by atoms with Crippen LogP contribution in [0.3, 0.4) is 0 Å². The van der Waals surface area contributed by atoms with Gasteiger partial charge in [0.15, 0.2) is 5.82 Å². The molecule has 0 unspecified atom stereocenters. The zero-order chi connectivity index (χ0) is 23.2. The highest BCUT2D eigenvalue weighted by atomic mass is 35.5. The number of carbonyl (C=O) groups is 1. The molecule has 1 aliphatic rings. The van der Waals surface area contributed by atoms with Gasteiger partial charge in [-0.05, 0) is 25.1 Å². The lowest BCUT2D eigenvalue weighted by atomic mass is 10.1. The summed E-state index contributed by atoms with van der Waals surface area (Å²) in [6, 6.07) is 2.89. The van der Waals surface area contributed by atoms with Crippen LogP contribution in [-0.2, 0) is 4.79 Å². The van der Waals surface area contributed by atoms with Gasteiger partial charge in [0.25, 0.3) is 5.56 Å². The molecule has 0 saturated carbocycles. The second-order valence-electron chi connectivity index (χ2n) is 7.32. The minimum Gasteiger partial charge on any atom is -0.396 e. The average Bonchev–Trinajstić information content (AvgIpc) is 2.79. The van der Waals surface area contributed by atoms with Crippen molar-refractivity contribution in [2.75, 3.05) is 36.8 Å². The van der Waals surface area contributed by atoms with Crippen LogP contribution < -0.4 is 16.2 Å². The lowest BCUT2D eigenvalue weighted by molar-refractivity contribution is -0.126. The maximum Gasteiger partial charge on any atom is 0.282 e. The van der Waals surface area contributed by atoms with Gasteiger partial charge in [0.1, 0.15) is 23.3 Å². The first-order valence-electron chi connectivity index (χ1n) is 9.71. The van der Waals surface area contributed by atoms with E-state index < -0.39 is 11.4 Å². The Morgan fingerprint density at radius 3 is 2.53 bits per heavy atom. The third-order valence-electron chi connectivity index (χ3n) is 5.45. The summed E-state index contributed by atoms with van der Waals surface area (Å²) >= 11 is 12.0. The van der Waals surface area contributed by atoms with Gasteiger partial charge in [0, 0.05) is 31.9 Å². The number of fused-ring (bicyclic) bond motifs is 1. The van der Waals surface area contributed by atoms with E-state index in [0.717, 1.165) is 4.57 Å². The Kier molecular flexibility index (Phi) is 5.79. The first kappa shape index (κ1) is 22.0. The van der Waals surface area contributed by atoms with Crippen LogP contribution in [0.5, 0.6) is 0 Å².